The molecule has 0 rings (SSSR count). The average Bonchev–Trinajstić information content (AvgIpc) is 1.84. The van der Waals surface area contributed by atoms with Gasteiger partial charge < -0.3 is 5.11 Å². The second-order valence-corrected chi connectivity index (χ2v) is 2.03. The maximum absolute atomic E-state index is 10.4. The molecule has 0 saturated carbocycles. The van der Waals surface area contributed by atoms with Crippen LogP contribution in [0.3, 0.4) is 0 Å². The number of carboxylic acids is 1. The monoisotopic (exact) mass is 150 g/mol. The highest BCUT2D eigenvalue weighted by Crippen LogP contribution is 1.98. The van der Waals surface area contributed by atoms with Crippen molar-refractivity contribution in [1.82, 2.24) is 0 Å². The second kappa shape index (κ2) is 3.45. The van der Waals surface area contributed by atoms with E-state index in [0.29, 0.717) is 0 Å². The predicted octanol–water partition coefficient (Wildman–Crippen LogP) is 0.515. The number of carbonyl (C=O) groups is 2. The van der Waals surface area contributed by atoms with E-state index in [1.165, 1.54) is 6.92 Å². The molecule has 1 atom stereocenters. The average molecular weight is 151 g/mol. The van der Waals surface area contributed by atoms with Crippen LogP contribution in [0.25, 0.3) is 0 Å². The lowest BCUT2D eigenvalue weighted by Gasteiger charge is -1.98. The van der Waals surface area contributed by atoms with Gasteiger partial charge in [0.1, 0.15) is 0 Å². The van der Waals surface area contributed by atoms with Gasteiger partial charge in [0.05, 0.1) is 0 Å². The van der Waals surface area contributed by atoms with Gasteiger partial charge in [-0.15, -0.1) is 11.6 Å². The van der Waals surface area contributed by atoms with Crippen LogP contribution in [-0.2, 0) is 9.59 Å². The van der Waals surface area contributed by atoms with Gasteiger partial charge in [-0.05, 0) is 0 Å². The lowest BCUT2D eigenvalue weighted by molar-refractivity contribution is -0.150. The zero-order valence-corrected chi connectivity index (χ0v) is 5.68. The number of hydrogen-bond donors (Lipinski definition) is 1. The number of aliphatic carboxylic acids is 1. The number of carboxylic acid groups (broad SMARTS) is 1. The van der Waals surface area contributed by atoms with E-state index in [2.05, 4.69) is 0 Å². The molecule has 0 spiro atoms. The Morgan fingerprint density at radius 1 is 1.67 bits per heavy atom. The molecule has 52 valence electrons. The van der Waals surface area contributed by atoms with Gasteiger partial charge in [-0.3, -0.25) is 4.79 Å². The molecule has 4 heteroatoms. The zero-order valence-electron chi connectivity index (χ0n) is 4.93. The summed E-state index contributed by atoms with van der Waals surface area (Å²) in [6.45, 7) is 1.48. The van der Waals surface area contributed by atoms with Crippen LogP contribution >= 0.6 is 11.6 Å². The van der Waals surface area contributed by atoms with Gasteiger partial charge >= 0.3 is 5.97 Å². The van der Waals surface area contributed by atoms with Crippen LogP contribution in [0.4, 0.5) is 0 Å². The zero-order chi connectivity index (χ0) is 7.44. The summed E-state index contributed by atoms with van der Waals surface area (Å²) in [5.74, 6) is -2.76. The number of alkyl halides is 1. The van der Waals surface area contributed by atoms with Crippen LogP contribution in [0.5, 0.6) is 0 Å². The summed E-state index contributed by atoms with van der Waals surface area (Å²) < 4.78 is 0. The molecule has 0 bridgehead atoms. The first-order chi connectivity index (χ1) is 4.09. The van der Waals surface area contributed by atoms with Gasteiger partial charge in [-0.1, -0.05) is 6.92 Å². The van der Waals surface area contributed by atoms with Gasteiger partial charge in [0.15, 0.2) is 0 Å². The van der Waals surface area contributed by atoms with Gasteiger partial charge in [-0.25, -0.2) is 4.79 Å². The molecule has 0 aromatic carbocycles. The van der Waals surface area contributed by atoms with E-state index in [0.717, 1.165) is 0 Å². The van der Waals surface area contributed by atoms with Gasteiger partial charge in [0.2, 0.25) is 5.78 Å². The summed E-state index contributed by atoms with van der Waals surface area (Å²) in [6.07, 6.45) is 0. The number of halogens is 1. The van der Waals surface area contributed by atoms with Crippen molar-refractivity contribution in [1.29, 1.82) is 0 Å². The fraction of sp³-hybridized carbons (Fsp3) is 0.600. The Morgan fingerprint density at radius 3 is 2.22 bits per heavy atom. The minimum absolute atomic E-state index is 0.0606. The standard InChI is InChI=1S/C5H7ClO3/c1-3(2-6)4(7)5(8)9/h3H,2H2,1H3,(H,8,9). The minimum Gasteiger partial charge on any atom is -0.475 e. The Hall–Kier alpha value is -0.570. The van der Waals surface area contributed by atoms with Crippen molar-refractivity contribution in [3.63, 3.8) is 0 Å². The van der Waals surface area contributed by atoms with E-state index in [9.17, 15) is 9.59 Å². The third-order valence-electron chi connectivity index (χ3n) is 0.890. The normalized spacial score (nSPS) is 12.7. The topological polar surface area (TPSA) is 54.4 Å². The summed E-state index contributed by atoms with van der Waals surface area (Å²) in [5.41, 5.74) is 0. The third kappa shape index (κ3) is 2.46. The maximum Gasteiger partial charge on any atom is 0.372 e. The van der Waals surface area contributed by atoms with Crippen molar-refractivity contribution in [3.8, 4) is 0 Å². The van der Waals surface area contributed by atoms with Crippen molar-refractivity contribution in [3.05, 3.63) is 0 Å². The molecule has 0 aliphatic rings. The van der Waals surface area contributed by atoms with Gasteiger partial charge in [0.25, 0.3) is 0 Å². The fourth-order valence-electron chi connectivity index (χ4n) is 0.281. The molecule has 0 radical (unpaired) electrons. The van der Waals surface area contributed by atoms with E-state index < -0.39 is 17.7 Å². The van der Waals surface area contributed by atoms with Gasteiger partial charge in [-0.2, -0.15) is 0 Å². The van der Waals surface area contributed by atoms with E-state index in [4.69, 9.17) is 16.7 Å². The molecule has 0 saturated heterocycles. The van der Waals surface area contributed by atoms with Crippen LogP contribution in [-0.4, -0.2) is 22.7 Å². The first-order valence-electron chi connectivity index (χ1n) is 2.42. The maximum atomic E-state index is 10.4. The summed E-state index contributed by atoms with van der Waals surface area (Å²) in [6, 6.07) is 0. The minimum atomic E-state index is -1.41. The quantitative estimate of drug-likeness (QED) is 0.471. The Kier molecular flexibility index (Phi) is 3.24. The molecule has 1 unspecified atom stereocenters. The van der Waals surface area contributed by atoms with Crippen molar-refractivity contribution in [2.45, 2.75) is 6.92 Å². The van der Waals surface area contributed by atoms with Crippen molar-refractivity contribution in [2.24, 2.45) is 5.92 Å². The molecule has 1 N–H and O–H groups in total. The number of Topliss-reactive ketones (excluding diaryl/α,β-unsaturated/α-hetero) is 1. The second-order valence-electron chi connectivity index (χ2n) is 1.72. The first-order valence-corrected chi connectivity index (χ1v) is 2.96. The molecule has 0 aliphatic heterocycles. The lowest BCUT2D eigenvalue weighted by atomic mass is 10.1. The molecular weight excluding hydrogens is 144 g/mol. The largest absolute Gasteiger partial charge is 0.475 e. The van der Waals surface area contributed by atoms with Crippen LogP contribution in [0.2, 0.25) is 0 Å². The molecular formula is C5H7ClO3. The van der Waals surface area contributed by atoms with Gasteiger partial charge in [0, 0.05) is 11.8 Å². The van der Waals surface area contributed by atoms with E-state index >= 15 is 0 Å². The molecule has 3 nitrogen and oxygen atoms in total. The molecule has 0 heterocycles. The van der Waals surface area contributed by atoms with E-state index in [-0.39, 0.29) is 5.88 Å². The van der Waals surface area contributed by atoms with Crippen molar-refractivity contribution >= 4 is 23.4 Å². The Balaban J connectivity index is 3.88. The van der Waals surface area contributed by atoms with Crippen LogP contribution < -0.4 is 0 Å². The highest BCUT2D eigenvalue weighted by Gasteiger charge is 2.18. The number of hydrogen-bond acceptors (Lipinski definition) is 2. The molecule has 0 fully saturated rings. The summed E-state index contributed by atoms with van der Waals surface area (Å²) in [7, 11) is 0. The SMILES string of the molecule is CC(CCl)C(=O)C(=O)O. The smallest absolute Gasteiger partial charge is 0.372 e. The van der Waals surface area contributed by atoms with Crippen LogP contribution in [0.15, 0.2) is 0 Å². The molecule has 9 heavy (non-hydrogen) atoms. The number of ketones is 1. The first kappa shape index (κ1) is 8.43. The molecule has 0 aromatic heterocycles. The van der Waals surface area contributed by atoms with E-state index in [1.54, 1.807) is 0 Å². The fourth-order valence-corrected chi connectivity index (χ4v) is 0.421. The highest BCUT2D eigenvalue weighted by molar-refractivity contribution is 6.35. The Morgan fingerprint density at radius 2 is 2.11 bits per heavy atom. The molecule has 0 aliphatic carbocycles. The Labute approximate surface area is 57.6 Å². The van der Waals surface area contributed by atoms with E-state index in [1.807, 2.05) is 0 Å². The van der Waals surface area contributed by atoms with Crippen LogP contribution in [0.1, 0.15) is 6.92 Å². The summed E-state index contributed by atoms with van der Waals surface area (Å²) in [5, 5.41) is 8.08. The lowest BCUT2D eigenvalue weighted by Crippen LogP contribution is -2.21. The van der Waals surface area contributed by atoms with Crippen LogP contribution in [0, 0.1) is 5.92 Å². The summed E-state index contributed by atoms with van der Waals surface area (Å²) >= 11 is 5.21. The molecule has 0 aromatic rings. The Bertz CT molecular complexity index is 132. The predicted molar refractivity (Wildman–Crippen MR) is 32.5 cm³/mol. The highest BCUT2D eigenvalue weighted by atomic mass is 35.5. The molecule has 0 amide bonds. The van der Waals surface area contributed by atoms with Crippen molar-refractivity contribution in [2.75, 3.05) is 5.88 Å². The third-order valence-corrected chi connectivity index (χ3v) is 1.35. The summed E-state index contributed by atoms with van der Waals surface area (Å²) in [4.78, 5) is 20.3. The number of rotatable bonds is 3. The number of carbonyl (C=O) groups excluding carboxylic acids is 1. The van der Waals surface area contributed by atoms with Crippen molar-refractivity contribution < 1.29 is 14.7 Å².